The first-order valence-corrected chi connectivity index (χ1v) is 8.93. The van der Waals surface area contributed by atoms with Crippen molar-refractivity contribution in [3.05, 3.63) is 29.8 Å². The molecule has 0 radical (unpaired) electrons. The summed E-state index contributed by atoms with van der Waals surface area (Å²) in [6.07, 6.45) is 2.65. The molecule has 138 valence electrons. The van der Waals surface area contributed by atoms with Crippen LogP contribution in [0.5, 0.6) is 5.75 Å². The molecule has 4 rings (SSSR count). The minimum atomic E-state index is 0. The second kappa shape index (κ2) is 7.31. The predicted octanol–water partition coefficient (Wildman–Crippen LogP) is 2.59. The smallest absolute Gasteiger partial charge is 0.191 e. The number of ether oxygens (including phenoxy) is 2. The second-order valence-corrected chi connectivity index (χ2v) is 7.69. The van der Waals surface area contributed by atoms with Gasteiger partial charge in [0.05, 0.1) is 12.6 Å². The highest BCUT2D eigenvalue weighted by Gasteiger charge is 2.59. The lowest BCUT2D eigenvalue weighted by atomic mass is 9.57. The van der Waals surface area contributed by atoms with E-state index in [-0.39, 0.29) is 35.5 Å². The lowest BCUT2D eigenvalue weighted by molar-refractivity contribution is -0.106. The van der Waals surface area contributed by atoms with Crippen molar-refractivity contribution < 1.29 is 9.47 Å². The molecule has 2 N–H and O–H groups in total. The van der Waals surface area contributed by atoms with Gasteiger partial charge in [-0.25, -0.2) is 0 Å². The highest BCUT2D eigenvalue weighted by Crippen LogP contribution is 2.52. The molecule has 2 fully saturated rings. The summed E-state index contributed by atoms with van der Waals surface area (Å²) in [7, 11) is 1.83. The molecule has 0 spiro atoms. The van der Waals surface area contributed by atoms with Crippen LogP contribution >= 0.6 is 24.0 Å². The molecule has 2 heterocycles. The largest absolute Gasteiger partial charge is 0.488 e. The lowest BCUT2D eigenvalue weighted by Crippen LogP contribution is -2.68. The Morgan fingerprint density at radius 3 is 2.88 bits per heavy atom. The van der Waals surface area contributed by atoms with Crippen LogP contribution in [0.3, 0.4) is 0 Å². The van der Waals surface area contributed by atoms with Gasteiger partial charge in [0.25, 0.3) is 0 Å². The summed E-state index contributed by atoms with van der Waals surface area (Å²) in [5.74, 6) is 2.47. The third-order valence-electron chi connectivity index (χ3n) is 5.83. The fraction of sp³-hybridized carbons (Fsp3) is 0.632. The Kier molecular flexibility index (Phi) is 5.48. The zero-order valence-corrected chi connectivity index (χ0v) is 17.4. The number of hydrogen-bond donors (Lipinski definition) is 2. The fourth-order valence-corrected chi connectivity index (χ4v) is 4.54. The third-order valence-corrected chi connectivity index (χ3v) is 5.83. The van der Waals surface area contributed by atoms with Crippen LogP contribution in [-0.4, -0.2) is 44.4 Å². The molecule has 1 saturated carbocycles. The van der Waals surface area contributed by atoms with Crippen molar-refractivity contribution in [3.8, 4) is 5.75 Å². The Morgan fingerprint density at radius 2 is 2.12 bits per heavy atom. The Bertz CT molecular complexity index is 624. The van der Waals surface area contributed by atoms with Crippen LogP contribution in [0.15, 0.2) is 29.3 Å². The average molecular weight is 457 g/mol. The van der Waals surface area contributed by atoms with Crippen molar-refractivity contribution in [2.45, 2.75) is 44.9 Å². The number of halogens is 1. The van der Waals surface area contributed by atoms with Crippen LogP contribution in [0.4, 0.5) is 0 Å². The van der Waals surface area contributed by atoms with Gasteiger partial charge in [-0.2, -0.15) is 0 Å². The molecular weight excluding hydrogens is 429 g/mol. The van der Waals surface area contributed by atoms with E-state index in [2.05, 4.69) is 41.6 Å². The van der Waals surface area contributed by atoms with Gasteiger partial charge in [0.2, 0.25) is 0 Å². The van der Waals surface area contributed by atoms with Gasteiger partial charge in [-0.1, -0.05) is 32.0 Å². The number of nitrogens with one attached hydrogen (secondary N) is 2. The molecule has 2 aliphatic heterocycles. The number of nitrogens with zero attached hydrogens (tertiary/aromatic N) is 1. The van der Waals surface area contributed by atoms with Crippen LogP contribution in [0.2, 0.25) is 0 Å². The van der Waals surface area contributed by atoms with Gasteiger partial charge < -0.3 is 20.1 Å². The second-order valence-electron chi connectivity index (χ2n) is 7.69. The van der Waals surface area contributed by atoms with E-state index in [0.717, 1.165) is 37.7 Å². The summed E-state index contributed by atoms with van der Waals surface area (Å²) in [5.41, 5.74) is 1.44. The van der Waals surface area contributed by atoms with Crippen LogP contribution in [0.25, 0.3) is 0 Å². The highest BCUT2D eigenvalue weighted by molar-refractivity contribution is 14.0. The summed E-state index contributed by atoms with van der Waals surface area (Å²) in [4.78, 5) is 4.40. The Labute approximate surface area is 167 Å². The molecule has 1 aromatic carbocycles. The molecule has 1 aliphatic carbocycles. The Morgan fingerprint density at radius 1 is 1.32 bits per heavy atom. The van der Waals surface area contributed by atoms with E-state index in [1.165, 1.54) is 5.56 Å². The number of aliphatic imine (C=N–C) groups is 1. The van der Waals surface area contributed by atoms with Crippen molar-refractivity contribution in [1.82, 2.24) is 10.6 Å². The molecule has 3 aliphatic rings. The van der Waals surface area contributed by atoms with E-state index in [4.69, 9.17) is 9.47 Å². The highest BCUT2D eigenvalue weighted by atomic mass is 127. The van der Waals surface area contributed by atoms with Crippen LogP contribution in [-0.2, 0) is 11.2 Å². The minimum Gasteiger partial charge on any atom is -0.488 e. The van der Waals surface area contributed by atoms with E-state index in [1.54, 1.807) is 0 Å². The maximum Gasteiger partial charge on any atom is 0.191 e. The van der Waals surface area contributed by atoms with Gasteiger partial charge in [0.15, 0.2) is 5.96 Å². The van der Waals surface area contributed by atoms with Gasteiger partial charge >= 0.3 is 0 Å². The quantitative estimate of drug-likeness (QED) is 0.417. The normalized spacial score (nSPS) is 31.9. The van der Waals surface area contributed by atoms with Crippen LogP contribution in [0.1, 0.15) is 25.8 Å². The lowest BCUT2D eigenvalue weighted by Gasteiger charge is -2.54. The van der Waals surface area contributed by atoms with Gasteiger partial charge in [-0.3, -0.25) is 4.99 Å². The molecule has 1 saturated heterocycles. The number of fused-ring (bicyclic) bond motifs is 2. The summed E-state index contributed by atoms with van der Waals surface area (Å²) >= 11 is 0. The van der Waals surface area contributed by atoms with E-state index in [9.17, 15) is 0 Å². The zero-order valence-electron chi connectivity index (χ0n) is 15.1. The van der Waals surface area contributed by atoms with E-state index in [0.29, 0.717) is 18.1 Å². The molecule has 25 heavy (non-hydrogen) atoms. The Hall–Kier alpha value is -1.02. The standard InChI is InChI=1S/C19H27N3O2.HI/c1-19(2)16(14-8-9-23-17(14)19)22-18(20-3)21-11-13-10-12-6-4-5-7-15(12)24-13;/h4-7,13-14,16-17H,8-11H2,1-3H3,(H2,20,21,22);1H. The van der Waals surface area contributed by atoms with Gasteiger partial charge in [-0.15, -0.1) is 24.0 Å². The molecular formula is C19H28IN3O2. The topological polar surface area (TPSA) is 54.9 Å². The number of guanidine groups is 1. The molecule has 1 aromatic rings. The minimum absolute atomic E-state index is 0. The fourth-order valence-electron chi connectivity index (χ4n) is 4.54. The molecule has 4 atom stereocenters. The SMILES string of the molecule is CN=C(NCC1Cc2ccccc2O1)NC1C2CCOC2C1(C)C.I. The third kappa shape index (κ3) is 3.35. The van der Waals surface area contributed by atoms with Gasteiger partial charge in [0, 0.05) is 37.5 Å². The molecule has 0 bridgehead atoms. The van der Waals surface area contributed by atoms with Gasteiger partial charge in [-0.05, 0) is 18.1 Å². The molecule has 4 unspecified atom stereocenters. The van der Waals surface area contributed by atoms with Crippen LogP contribution < -0.4 is 15.4 Å². The van der Waals surface area contributed by atoms with E-state index >= 15 is 0 Å². The Balaban J connectivity index is 0.00000182. The summed E-state index contributed by atoms with van der Waals surface area (Å²) in [6, 6.07) is 8.68. The van der Waals surface area contributed by atoms with Crippen molar-refractivity contribution >= 4 is 29.9 Å². The molecule has 0 aromatic heterocycles. The summed E-state index contributed by atoms with van der Waals surface area (Å²) in [6.45, 7) is 6.20. The van der Waals surface area contributed by atoms with Crippen molar-refractivity contribution in [1.29, 1.82) is 0 Å². The number of hydrogen-bond acceptors (Lipinski definition) is 3. The van der Waals surface area contributed by atoms with Crippen molar-refractivity contribution in [2.75, 3.05) is 20.2 Å². The van der Waals surface area contributed by atoms with E-state index < -0.39 is 0 Å². The predicted molar refractivity (Wildman–Crippen MR) is 110 cm³/mol. The van der Waals surface area contributed by atoms with Crippen molar-refractivity contribution in [2.24, 2.45) is 16.3 Å². The first-order valence-electron chi connectivity index (χ1n) is 8.93. The number of benzene rings is 1. The number of rotatable bonds is 3. The van der Waals surface area contributed by atoms with Crippen LogP contribution in [0, 0.1) is 11.3 Å². The zero-order chi connectivity index (χ0) is 16.7. The van der Waals surface area contributed by atoms with Crippen molar-refractivity contribution in [3.63, 3.8) is 0 Å². The van der Waals surface area contributed by atoms with E-state index in [1.807, 2.05) is 19.2 Å². The van der Waals surface area contributed by atoms with Gasteiger partial charge in [0.1, 0.15) is 11.9 Å². The molecule has 6 heteroatoms. The molecule has 5 nitrogen and oxygen atoms in total. The first-order chi connectivity index (χ1) is 11.6. The number of para-hydroxylation sites is 1. The molecule has 0 amide bonds. The average Bonchev–Trinajstić information content (AvgIpc) is 3.19. The first kappa shape index (κ1) is 18.8. The maximum atomic E-state index is 5.99. The summed E-state index contributed by atoms with van der Waals surface area (Å²) < 4.78 is 11.9. The summed E-state index contributed by atoms with van der Waals surface area (Å²) in [5, 5.41) is 7.05. The maximum absolute atomic E-state index is 5.99. The monoisotopic (exact) mass is 457 g/mol.